The Morgan fingerprint density at radius 3 is 2.47 bits per heavy atom. The van der Waals surface area contributed by atoms with Gasteiger partial charge in [0.1, 0.15) is 0 Å². The van der Waals surface area contributed by atoms with Crippen LogP contribution in [0.2, 0.25) is 10.0 Å². The van der Waals surface area contributed by atoms with Gasteiger partial charge in [0.2, 0.25) is 0 Å². The molecule has 0 aromatic heterocycles. The predicted octanol–water partition coefficient (Wildman–Crippen LogP) is 4.52. The van der Waals surface area contributed by atoms with Gasteiger partial charge >= 0.3 is 0 Å². The third-order valence-corrected chi connectivity index (χ3v) is 4.13. The van der Waals surface area contributed by atoms with Crippen LogP contribution in [-0.4, -0.2) is 6.54 Å². The maximum absolute atomic E-state index is 5.97. The number of hydrogen-bond acceptors (Lipinski definition) is 1. The third-order valence-electron chi connectivity index (χ3n) is 3.70. The lowest BCUT2D eigenvalue weighted by atomic mass is 9.98. The van der Waals surface area contributed by atoms with Gasteiger partial charge in [-0.1, -0.05) is 43.0 Å². The van der Waals surface area contributed by atoms with Gasteiger partial charge in [0, 0.05) is 16.6 Å². The molecule has 2 atom stereocenters. The van der Waals surface area contributed by atoms with Crippen LogP contribution in [0, 0.1) is 11.8 Å². The fourth-order valence-corrected chi connectivity index (χ4v) is 3.21. The largest absolute Gasteiger partial charge is 0.312 e. The molecule has 2 unspecified atom stereocenters. The molecular weight excluding hydrogens is 253 g/mol. The first-order valence-electron chi connectivity index (χ1n) is 6.31. The first kappa shape index (κ1) is 13.2. The molecule has 1 saturated carbocycles. The van der Waals surface area contributed by atoms with E-state index < -0.39 is 0 Å². The molecule has 1 nitrogen and oxygen atoms in total. The molecule has 94 valence electrons. The molecule has 0 saturated heterocycles. The summed E-state index contributed by atoms with van der Waals surface area (Å²) in [5, 5.41) is 4.93. The van der Waals surface area contributed by atoms with Crippen LogP contribution in [-0.2, 0) is 6.54 Å². The van der Waals surface area contributed by atoms with Crippen molar-refractivity contribution in [1.29, 1.82) is 0 Å². The summed E-state index contributed by atoms with van der Waals surface area (Å²) in [6.45, 7) is 4.31. The molecule has 1 aliphatic rings. The molecule has 1 aromatic rings. The van der Waals surface area contributed by atoms with Gasteiger partial charge in [-0.2, -0.15) is 0 Å². The molecule has 0 spiro atoms. The Morgan fingerprint density at radius 2 is 1.88 bits per heavy atom. The van der Waals surface area contributed by atoms with Crippen LogP contribution in [0.5, 0.6) is 0 Å². The van der Waals surface area contributed by atoms with Crippen molar-refractivity contribution in [2.75, 3.05) is 6.54 Å². The van der Waals surface area contributed by atoms with E-state index in [4.69, 9.17) is 23.2 Å². The quantitative estimate of drug-likeness (QED) is 0.849. The van der Waals surface area contributed by atoms with Crippen molar-refractivity contribution >= 4 is 23.2 Å². The van der Waals surface area contributed by atoms with Gasteiger partial charge in [0.05, 0.1) is 0 Å². The van der Waals surface area contributed by atoms with Gasteiger partial charge in [-0.05, 0) is 48.6 Å². The summed E-state index contributed by atoms with van der Waals surface area (Å²) in [6.07, 6.45) is 4.14. The van der Waals surface area contributed by atoms with Crippen LogP contribution in [0.3, 0.4) is 0 Å². The van der Waals surface area contributed by atoms with Crippen LogP contribution in [0.1, 0.15) is 31.7 Å². The molecule has 2 rings (SSSR count). The average molecular weight is 272 g/mol. The lowest BCUT2D eigenvalue weighted by Crippen LogP contribution is -2.23. The highest BCUT2D eigenvalue weighted by atomic mass is 35.5. The maximum Gasteiger partial charge on any atom is 0.0424 e. The highest BCUT2D eigenvalue weighted by Crippen LogP contribution is 2.30. The summed E-state index contributed by atoms with van der Waals surface area (Å²) < 4.78 is 0. The first-order valence-corrected chi connectivity index (χ1v) is 7.06. The van der Waals surface area contributed by atoms with E-state index >= 15 is 0 Å². The van der Waals surface area contributed by atoms with Crippen molar-refractivity contribution in [2.45, 2.75) is 32.7 Å². The molecule has 3 heteroatoms. The molecule has 0 aliphatic heterocycles. The zero-order valence-electron chi connectivity index (χ0n) is 10.2. The molecule has 0 bridgehead atoms. The Kier molecular flexibility index (Phi) is 4.72. The molecule has 0 heterocycles. The van der Waals surface area contributed by atoms with Gasteiger partial charge in [0.25, 0.3) is 0 Å². The highest BCUT2D eigenvalue weighted by Gasteiger charge is 2.22. The van der Waals surface area contributed by atoms with Crippen molar-refractivity contribution in [1.82, 2.24) is 5.32 Å². The van der Waals surface area contributed by atoms with E-state index in [1.54, 1.807) is 6.07 Å². The Labute approximate surface area is 114 Å². The standard InChI is InChI=1S/C14H19Cl2N/c1-10-3-2-4-12(10)9-17-8-11-5-13(15)7-14(16)6-11/h5-7,10,12,17H,2-4,8-9H2,1H3. The number of rotatable bonds is 4. The van der Waals surface area contributed by atoms with E-state index in [1.807, 2.05) is 12.1 Å². The second kappa shape index (κ2) is 6.08. The van der Waals surface area contributed by atoms with Gasteiger partial charge < -0.3 is 5.32 Å². The molecule has 1 aliphatic carbocycles. The Bertz CT molecular complexity index is 358. The Balaban J connectivity index is 1.81. The molecule has 1 aromatic carbocycles. The predicted molar refractivity (Wildman–Crippen MR) is 74.7 cm³/mol. The van der Waals surface area contributed by atoms with Crippen molar-refractivity contribution in [3.05, 3.63) is 33.8 Å². The molecular formula is C14H19Cl2N. The second-order valence-corrected chi connectivity index (χ2v) is 5.95. The number of hydrogen-bond donors (Lipinski definition) is 1. The smallest absolute Gasteiger partial charge is 0.0424 e. The van der Waals surface area contributed by atoms with Gasteiger partial charge in [-0.15, -0.1) is 0 Å². The minimum absolute atomic E-state index is 0.712. The van der Waals surface area contributed by atoms with Gasteiger partial charge in [-0.3, -0.25) is 0 Å². The molecule has 17 heavy (non-hydrogen) atoms. The third kappa shape index (κ3) is 3.87. The zero-order chi connectivity index (χ0) is 12.3. The average Bonchev–Trinajstić information content (AvgIpc) is 2.63. The topological polar surface area (TPSA) is 12.0 Å². The number of benzene rings is 1. The minimum Gasteiger partial charge on any atom is -0.312 e. The van der Waals surface area contributed by atoms with Crippen molar-refractivity contribution in [3.8, 4) is 0 Å². The fourth-order valence-electron chi connectivity index (χ4n) is 2.64. The van der Waals surface area contributed by atoms with E-state index in [0.717, 1.165) is 30.5 Å². The first-order chi connectivity index (χ1) is 8.15. The van der Waals surface area contributed by atoms with E-state index in [2.05, 4.69) is 12.2 Å². The van der Waals surface area contributed by atoms with Crippen LogP contribution in [0.4, 0.5) is 0 Å². The van der Waals surface area contributed by atoms with Gasteiger partial charge in [-0.25, -0.2) is 0 Å². The van der Waals surface area contributed by atoms with E-state index in [0.29, 0.717) is 10.0 Å². The summed E-state index contributed by atoms with van der Waals surface area (Å²) >= 11 is 11.9. The van der Waals surface area contributed by atoms with Gasteiger partial charge in [0.15, 0.2) is 0 Å². The second-order valence-electron chi connectivity index (χ2n) is 5.08. The Hall–Kier alpha value is -0.240. The lowest BCUT2D eigenvalue weighted by Gasteiger charge is -2.16. The van der Waals surface area contributed by atoms with Crippen LogP contribution in [0.25, 0.3) is 0 Å². The van der Waals surface area contributed by atoms with E-state index in [-0.39, 0.29) is 0 Å². The van der Waals surface area contributed by atoms with Crippen LogP contribution >= 0.6 is 23.2 Å². The minimum atomic E-state index is 0.712. The summed E-state index contributed by atoms with van der Waals surface area (Å²) in [7, 11) is 0. The number of halogens is 2. The van der Waals surface area contributed by atoms with Crippen molar-refractivity contribution < 1.29 is 0 Å². The zero-order valence-corrected chi connectivity index (χ0v) is 11.7. The lowest BCUT2D eigenvalue weighted by molar-refractivity contribution is 0.392. The number of nitrogens with one attached hydrogen (secondary N) is 1. The van der Waals surface area contributed by atoms with E-state index in [1.165, 1.54) is 19.3 Å². The van der Waals surface area contributed by atoms with Crippen molar-refractivity contribution in [2.24, 2.45) is 11.8 Å². The molecule has 1 fully saturated rings. The fraction of sp³-hybridized carbons (Fsp3) is 0.571. The van der Waals surface area contributed by atoms with Crippen LogP contribution in [0.15, 0.2) is 18.2 Å². The maximum atomic E-state index is 5.97. The summed E-state index contributed by atoms with van der Waals surface area (Å²) in [6, 6.07) is 5.71. The van der Waals surface area contributed by atoms with E-state index in [9.17, 15) is 0 Å². The molecule has 1 N–H and O–H groups in total. The summed E-state index contributed by atoms with van der Waals surface area (Å²) in [5.41, 5.74) is 1.16. The van der Waals surface area contributed by atoms with Crippen molar-refractivity contribution in [3.63, 3.8) is 0 Å². The normalized spacial score (nSPS) is 24.2. The SMILES string of the molecule is CC1CCCC1CNCc1cc(Cl)cc(Cl)c1. The molecule has 0 radical (unpaired) electrons. The Morgan fingerprint density at radius 1 is 1.18 bits per heavy atom. The summed E-state index contributed by atoms with van der Waals surface area (Å²) in [4.78, 5) is 0. The van der Waals surface area contributed by atoms with Crippen LogP contribution < -0.4 is 5.32 Å². The monoisotopic (exact) mass is 271 g/mol. The summed E-state index contributed by atoms with van der Waals surface area (Å²) in [5.74, 6) is 1.70. The highest BCUT2D eigenvalue weighted by molar-refractivity contribution is 6.34. The molecule has 0 amide bonds.